The fourth-order valence-electron chi connectivity index (χ4n) is 3.64. The minimum absolute atomic E-state index is 0.0320. The van der Waals surface area contributed by atoms with E-state index in [1.165, 1.54) is 12.1 Å². The topological polar surface area (TPSA) is 118 Å². The van der Waals surface area contributed by atoms with Crippen LogP contribution in [-0.4, -0.2) is 64.4 Å². The van der Waals surface area contributed by atoms with Gasteiger partial charge in [-0.05, 0) is 18.2 Å². The first-order valence-corrected chi connectivity index (χ1v) is 11.5. The predicted molar refractivity (Wildman–Crippen MR) is 130 cm³/mol. The molecular weight excluding hydrogens is 456 g/mol. The number of nitro benzene ring substituents is 1. The molecular formula is C23H22N6O4S. The van der Waals surface area contributed by atoms with Crippen LogP contribution in [0.25, 0.3) is 11.5 Å². The molecule has 1 amide bonds. The van der Waals surface area contributed by atoms with Crippen LogP contribution in [0, 0.1) is 22.5 Å². The molecule has 11 heteroatoms. The van der Waals surface area contributed by atoms with Gasteiger partial charge >= 0.3 is 0 Å². The summed E-state index contributed by atoms with van der Waals surface area (Å²) in [6.45, 7) is 4.00. The van der Waals surface area contributed by atoms with Crippen LogP contribution in [0.5, 0.6) is 0 Å². The first-order valence-electron chi connectivity index (χ1n) is 10.5. The SMILES string of the molecule is C#CCN1CCN(c2ccccc2NC(=O)CSc2nnc(-c3ccccc3[N+](=O)[O-])o2)CC1. The number of nitrogens with one attached hydrogen (secondary N) is 1. The summed E-state index contributed by atoms with van der Waals surface area (Å²) in [4.78, 5) is 27.8. The van der Waals surface area contributed by atoms with Crippen LogP contribution in [0.3, 0.4) is 0 Å². The lowest BCUT2D eigenvalue weighted by Gasteiger charge is -2.36. The van der Waals surface area contributed by atoms with Gasteiger partial charge in [-0.2, -0.15) is 0 Å². The molecule has 1 saturated heterocycles. The average molecular weight is 479 g/mol. The largest absolute Gasteiger partial charge is 0.411 e. The van der Waals surface area contributed by atoms with Crippen molar-refractivity contribution in [2.45, 2.75) is 5.22 Å². The van der Waals surface area contributed by atoms with E-state index in [1.54, 1.807) is 12.1 Å². The van der Waals surface area contributed by atoms with E-state index in [4.69, 9.17) is 10.8 Å². The quantitative estimate of drug-likeness (QED) is 0.225. The van der Waals surface area contributed by atoms with Crippen molar-refractivity contribution in [2.24, 2.45) is 0 Å². The van der Waals surface area contributed by atoms with E-state index in [2.05, 4.69) is 31.2 Å². The summed E-state index contributed by atoms with van der Waals surface area (Å²) in [5.74, 6) is 2.52. The highest BCUT2D eigenvalue weighted by atomic mass is 32.2. The van der Waals surface area contributed by atoms with Crippen molar-refractivity contribution < 1.29 is 14.1 Å². The molecule has 0 atom stereocenters. The number of aromatic nitrogens is 2. The second-order valence-corrected chi connectivity index (χ2v) is 8.40. The maximum atomic E-state index is 12.6. The number of para-hydroxylation sites is 3. The molecule has 34 heavy (non-hydrogen) atoms. The lowest BCUT2D eigenvalue weighted by molar-refractivity contribution is -0.384. The van der Waals surface area contributed by atoms with E-state index in [0.717, 1.165) is 49.3 Å². The van der Waals surface area contributed by atoms with E-state index >= 15 is 0 Å². The van der Waals surface area contributed by atoms with Gasteiger partial charge in [0.25, 0.3) is 16.8 Å². The zero-order chi connectivity index (χ0) is 23.9. The lowest BCUT2D eigenvalue weighted by atomic mass is 10.2. The Hall–Kier alpha value is -3.88. The van der Waals surface area contributed by atoms with Crippen LogP contribution in [-0.2, 0) is 4.79 Å². The molecule has 1 aliphatic rings. The van der Waals surface area contributed by atoms with Crippen LogP contribution in [0.2, 0.25) is 0 Å². The number of hydrogen-bond donors (Lipinski definition) is 1. The number of rotatable bonds is 8. The highest BCUT2D eigenvalue weighted by Gasteiger charge is 2.21. The molecule has 2 heterocycles. The van der Waals surface area contributed by atoms with E-state index in [0.29, 0.717) is 6.54 Å². The van der Waals surface area contributed by atoms with Crippen molar-refractivity contribution in [1.82, 2.24) is 15.1 Å². The van der Waals surface area contributed by atoms with Gasteiger partial charge in [-0.3, -0.25) is 19.8 Å². The molecule has 2 aromatic carbocycles. The molecule has 0 bridgehead atoms. The maximum absolute atomic E-state index is 12.6. The highest BCUT2D eigenvalue weighted by Crippen LogP contribution is 2.31. The van der Waals surface area contributed by atoms with E-state index in [9.17, 15) is 14.9 Å². The summed E-state index contributed by atoms with van der Waals surface area (Å²) >= 11 is 1.06. The molecule has 1 N–H and O–H groups in total. The van der Waals surface area contributed by atoms with Gasteiger partial charge in [-0.1, -0.05) is 41.9 Å². The zero-order valence-electron chi connectivity index (χ0n) is 18.2. The van der Waals surface area contributed by atoms with Gasteiger partial charge in [0.2, 0.25) is 5.91 Å². The summed E-state index contributed by atoms with van der Waals surface area (Å²) in [7, 11) is 0. The molecule has 1 fully saturated rings. The van der Waals surface area contributed by atoms with Crippen molar-refractivity contribution in [1.29, 1.82) is 0 Å². The number of nitrogens with zero attached hydrogens (tertiary/aromatic N) is 5. The molecule has 1 aromatic heterocycles. The van der Waals surface area contributed by atoms with Crippen molar-refractivity contribution in [2.75, 3.05) is 48.7 Å². The van der Waals surface area contributed by atoms with E-state index < -0.39 is 4.92 Å². The lowest BCUT2D eigenvalue weighted by Crippen LogP contribution is -2.46. The highest BCUT2D eigenvalue weighted by molar-refractivity contribution is 7.99. The zero-order valence-corrected chi connectivity index (χ0v) is 19.0. The number of terminal acetylenes is 1. The molecule has 0 unspecified atom stereocenters. The van der Waals surface area contributed by atoms with Crippen LogP contribution in [0.4, 0.5) is 17.1 Å². The van der Waals surface area contributed by atoms with Gasteiger partial charge in [0.1, 0.15) is 5.56 Å². The second kappa shape index (κ2) is 10.8. The number of piperazine rings is 1. The minimum atomic E-state index is -0.508. The van der Waals surface area contributed by atoms with Crippen LogP contribution < -0.4 is 10.2 Å². The summed E-state index contributed by atoms with van der Waals surface area (Å²) in [5.41, 5.74) is 1.78. The van der Waals surface area contributed by atoms with Crippen LogP contribution >= 0.6 is 11.8 Å². The number of thioether (sulfide) groups is 1. The van der Waals surface area contributed by atoms with E-state index in [1.807, 2.05) is 24.3 Å². The minimum Gasteiger partial charge on any atom is -0.411 e. The fourth-order valence-corrected chi connectivity index (χ4v) is 4.20. The number of amides is 1. The number of hydrogen-bond acceptors (Lipinski definition) is 9. The average Bonchev–Trinajstić information content (AvgIpc) is 3.33. The smallest absolute Gasteiger partial charge is 0.282 e. The summed E-state index contributed by atoms with van der Waals surface area (Å²) in [6, 6.07) is 13.8. The van der Waals surface area contributed by atoms with Crippen LogP contribution in [0.1, 0.15) is 0 Å². The number of carbonyl (C=O) groups excluding carboxylic acids is 1. The third-order valence-corrected chi connectivity index (χ3v) is 6.09. The number of nitro groups is 1. The molecule has 0 aliphatic carbocycles. The molecule has 0 spiro atoms. The monoisotopic (exact) mass is 478 g/mol. The Morgan fingerprint density at radius 1 is 1.15 bits per heavy atom. The Morgan fingerprint density at radius 2 is 1.88 bits per heavy atom. The van der Waals surface area contributed by atoms with Gasteiger partial charge in [-0.25, -0.2) is 0 Å². The first-order chi connectivity index (χ1) is 16.5. The number of carbonyl (C=O) groups is 1. The Bertz CT molecular complexity index is 1220. The number of benzene rings is 2. The molecule has 174 valence electrons. The Labute approximate surface area is 200 Å². The number of anilines is 2. The van der Waals surface area contributed by atoms with E-state index in [-0.39, 0.29) is 34.0 Å². The molecule has 4 rings (SSSR count). The summed E-state index contributed by atoms with van der Waals surface area (Å²) in [5, 5.41) is 22.1. The van der Waals surface area contributed by atoms with Crippen molar-refractivity contribution in [3.63, 3.8) is 0 Å². The Kier molecular flexibility index (Phi) is 7.41. The Morgan fingerprint density at radius 3 is 2.65 bits per heavy atom. The first kappa shape index (κ1) is 23.3. The molecule has 0 radical (unpaired) electrons. The van der Waals surface area contributed by atoms with Crippen molar-refractivity contribution >= 4 is 34.7 Å². The third kappa shape index (κ3) is 5.54. The molecule has 10 nitrogen and oxygen atoms in total. The molecule has 1 aliphatic heterocycles. The van der Waals surface area contributed by atoms with Gasteiger partial charge < -0.3 is 14.6 Å². The normalized spacial score (nSPS) is 13.9. The second-order valence-electron chi connectivity index (χ2n) is 7.47. The van der Waals surface area contributed by atoms with Gasteiger partial charge in [0.05, 0.1) is 28.6 Å². The molecule has 3 aromatic rings. The predicted octanol–water partition coefficient (Wildman–Crippen LogP) is 3.13. The summed E-state index contributed by atoms with van der Waals surface area (Å²) < 4.78 is 5.54. The standard InChI is InChI=1S/C23H22N6O4S/c1-2-11-27-12-14-28(15-13-27)20-10-6-4-8-18(20)24-21(30)16-34-23-26-25-22(33-23)17-7-3-5-9-19(17)29(31)32/h1,3-10H,11-16H2,(H,24,30). The van der Waals surface area contributed by atoms with Gasteiger partial charge in [-0.15, -0.1) is 16.6 Å². The third-order valence-electron chi connectivity index (χ3n) is 5.27. The molecule has 0 saturated carbocycles. The maximum Gasteiger partial charge on any atom is 0.282 e. The van der Waals surface area contributed by atoms with Crippen molar-refractivity contribution in [3.8, 4) is 23.8 Å². The fraction of sp³-hybridized carbons (Fsp3) is 0.261. The van der Waals surface area contributed by atoms with Crippen molar-refractivity contribution in [3.05, 3.63) is 58.6 Å². The summed E-state index contributed by atoms with van der Waals surface area (Å²) in [6.07, 6.45) is 5.41. The van der Waals surface area contributed by atoms with Gasteiger partial charge in [0, 0.05) is 32.2 Å². The van der Waals surface area contributed by atoms with Crippen LogP contribution in [0.15, 0.2) is 58.2 Å². The van der Waals surface area contributed by atoms with Gasteiger partial charge in [0.15, 0.2) is 0 Å². The Balaban J connectivity index is 1.36.